The van der Waals surface area contributed by atoms with E-state index in [4.69, 9.17) is 0 Å². The zero-order chi connectivity index (χ0) is 12.6. The summed E-state index contributed by atoms with van der Waals surface area (Å²) in [4.78, 5) is 11.6. The summed E-state index contributed by atoms with van der Waals surface area (Å²) in [5.41, 5.74) is -0.725. The minimum atomic E-state index is -0.725. The highest BCUT2D eigenvalue weighted by Crippen LogP contribution is 2.18. The maximum absolute atomic E-state index is 11.6. The Balaban J connectivity index is 4.15. The minimum absolute atomic E-state index is 0.0122. The molecule has 3 nitrogen and oxygen atoms in total. The van der Waals surface area contributed by atoms with Gasteiger partial charge in [0, 0.05) is 6.54 Å². The maximum atomic E-state index is 11.6. The van der Waals surface area contributed by atoms with Crippen LogP contribution in [0, 0.1) is 0 Å². The normalized spacial score (nSPS) is 13.6. The fourth-order valence-electron chi connectivity index (χ4n) is 1.73. The van der Waals surface area contributed by atoms with Crippen LogP contribution >= 0.6 is 11.8 Å². The third kappa shape index (κ3) is 5.75. The SMILES string of the molecule is CCCC(O)(CCC)CNC(=O)C(C)SC. The smallest absolute Gasteiger partial charge is 0.232 e. The molecule has 0 aliphatic carbocycles. The van der Waals surface area contributed by atoms with Crippen LogP contribution in [0.5, 0.6) is 0 Å². The molecular formula is C12H25NO2S. The van der Waals surface area contributed by atoms with Gasteiger partial charge in [0.2, 0.25) is 5.91 Å². The van der Waals surface area contributed by atoms with Gasteiger partial charge in [-0.2, -0.15) is 11.8 Å². The molecule has 1 atom stereocenters. The Labute approximate surface area is 103 Å². The molecule has 0 saturated carbocycles. The highest BCUT2D eigenvalue weighted by atomic mass is 32.2. The number of carbonyl (C=O) groups is 1. The van der Waals surface area contributed by atoms with E-state index in [0.29, 0.717) is 6.54 Å². The number of carbonyl (C=O) groups excluding carboxylic acids is 1. The summed E-state index contributed by atoms with van der Waals surface area (Å²) in [6, 6.07) is 0. The van der Waals surface area contributed by atoms with Gasteiger partial charge in [0.15, 0.2) is 0 Å². The summed E-state index contributed by atoms with van der Waals surface area (Å²) >= 11 is 1.52. The molecule has 0 aromatic heterocycles. The van der Waals surface area contributed by atoms with Crippen LogP contribution < -0.4 is 5.32 Å². The average Bonchev–Trinajstić information content (AvgIpc) is 2.25. The summed E-state index contributed by atoms with van der Waals surface area (Å²) < 4.78 is 0. The van der Waals surface area contributed by atoms with Crippen LogP contribution in [0.25, 0.3) is 0 Å². The second kappa shape index (κ2) is 7.96. The first kappa shape index (κ1) is 15.8. The maximum Gasteiger partial charge on any atom is 0.232 e. The molecule has 0 fully saturated rings. The average molecular weight is 247 g/mol. The molecule has 0 heterocycles. The molecule has 0 aromatic carbocycles. The summed E-state index contributed by atoms with van der Waals surface area (Å²) in [7, 11) is 0. The van der Waals surface area contributed by atoms with Crippen molar-refractivity contribution in [2.24, 2.45) is 0 Å². The zero-order valence-electron chi connectivity index (χ0n) is 10.9. The van der Waals surface area contributed by atoms with E-state index >= 15 is 0 Å². The van der Waals surface area contributed by atoms with Crippen molar-refractivity contribution in [2.75, 3.05) is 12.8 Å². The Morgan fingerprint density at radius 2 is 1.88 bits per heavy atom. The number of thioether (sulfide) groups is 1. The summed E-state index contributed by atoms with van der Waals surface area (Å²) in [6.45, 7) is 6.34. The number of amides is 1. The first-order valence-electron chi connectivity index (χ1n) is 6.02. The predicted molar refractivity (Wildman–Crippen MR) is 70.8 cm³/mol. The van der Waals surface area contributed by atoms with Crippen molar-refractivity contribution in [3.8, 4) is 0 Å². The molecule has 0 spiro atoms. The third-order valence-electron chi connectivity index (χ3n) is 2.75. The summed E-state index contributed by atoms with van der Waals surface area (Å²) in [5, 5.41) is 13.1. The number of hydrogen-bond acceptors (Lipinski definition) is 3. The Bertz CT molecular complexity index is 203. The quantitative estimate of drug-likeness (QED) is 0.691. The van der Waals surface area contributed by atoms with E-state index in [2.05, 4.69) is 5.32 Å². The van der Waals surface area contributed by atoms with Crippen LogP contribution in [-0.4, -0.2) is 34.7 Å². The lowest BCUT2D eigenvalue weighted by atomic mass is 9.92. The van der Waals surface area contributed by atoms with Gasteiger partial charge in [0.05, 0.1) is 10.9 Å². The van der Waals surface area contributed by atoms with Crippen LogP contribution in [0.3, 0.4) is 0 Å². The zero-order valence-corrected chi connectivity index (χ0v) is 11.7. The Hall–Kier alpha value is -0.220. The highest BCUT2D eigenvalue weighted by Gasteiger charge is 2.26. The van der Waals surface area contributed by atoms with Crippen LogP contribution in [-0.2, 0) is 4.79 Å². The molecule has 0 aromatic rings. The Kier molecular flexibility index (Phi) is 7.85. The lowest BCUT2D eigenvalue weighted by Crippen LogP contribution is -2.44. The molecule has 1 amide bonds. The fraction of sp³-hybridized carbons (Fsp3) is 0.917. The third-order valence-corrected chi connectivity index (χ3v) is 3.67. The molecule has 0 aliphatic heterocycles. The van der Waals surface area contributed by atoms with Crippen molar-refractivity contribution < 1.29 is 9.90 Å². The van der Waals surface area contributed by atoms with E-state index in [0.717, 1.165) is 25.7 Å². The molecule has 0 bridgehead atoms. The summed E-state index contributed by atoms with van der Waals surface area (Å²) in [6.07, 6.45) is 5.27. The minimum Gasteiger partial charge on any atom is -0.388 e. The lowest BCUT2D eigenvalue weighted by Gasteiger charge is -2.28. The van der Waals surface area contributed by atoms with Gasteiger partial charge in [-0.3, -0.25) is 4.79 Å². The van der Waals surface area contributed by atoms with Gasteiger partial charge in [-0.05, 0) is 26.0 Å². The second-order valence-corrected chi connectivity index (χ2v) is 5.50. The Morgan fingerprint density at radius 3 is 2.25 bits per heavy atom. The van der Waals surface area contributed by atoms with Crippen molar-refractivity contribution in [1.82, 2.24) is 5.32 Å². The van der Waals surface area contributed by atoms with Crippen LogP contribution in [0.15, 0.2) is 0 Å². The molecule has 0 rings (SSSR count). The molecule has 4 heteroatoms. The van der Waals surface area contributed by atoms with E-state index in [1.165, 1.54) is 11.8 Å². The van der Waals surface area contributed by atoms with Crippen LogP contribution in [0.1, 0.15) is 46.5 Å². The van der Waals surface area contributed by atoms with Gasteiger partial charge in [-0.25, -0.2) is 0 Å². The van der Waals surface area contributed by atoms with E-state index in [1.807, 2.05) is 27.0 Å². The largest absolute Gasteiger partial charge is 0.388 e. The predicted octanol–water partition coefficient (Wildman–Crippen LogP) is 2.19. The van der Waals surface area contributed by atoms with E-state index < -0.39 is 5.60 Å². The van der Waals surface area contributed by atoms with Crippen molar-refractivity contribution in [1.29, 1.82) is 0 Å². The van der Waals surface area contributed by atoms with Crippen molar-refractivity contribution in [2.45, 2.75) is 57.3 Å². The highest BCUT2D eigenvalue weighted by molar-refractivity contribution is 7.99. The van der Waals surface area contributed by atoms with E-state index in [-0.39, 0.29) is 11.2 Å². The molecule has 0 saturated heterocycles. The lowest BCUT2D eigenvalue weighted by molar-refractivity contribution is -0.121. The standard InChI is InChI=1S/C12H25NO2S/c1-5-7-12(15,8-6-2)9-13-11(14)10(3)16-4/h10,15H,5-9H2,1-4H3,(H,13,14). The van der Waals surface area contributed by atoms with Crippen LogP contribution in [0.2, 0.25) is 0 Å². The van der Waals surface area contributed by atoms with Crippen molar-refractivity contribution in [3.63, 3.8) is 0 Å². The second-order valence-electron chi connectivity index (χ2n) is 4.32. The van der Waals surface area contributed by atoms with E-state index in [9.17, 15) is 9.90 Å². The first-order valence-corrected chi connectivity index (χ1v) is 7.30. The molecular weight excluding hydrogens is 222 g/mol. The molecule has 0 aliphatic rings. The number of nitrogens with one attached hydrogen (secondary N) is 1. The topological polar surface area (TPSA) is 49.3 Å². The summed E-state index contributed by atoms with van der Waals surface area (Å²) in [5.74, 6) is 0.0122. The van der Waals surface area contributed by atoms with Gasteiger partial charge >= 0.3 is 0 Å². The number of hydrogen-bond donors (Lipinski definition) is 2. The monoisotopic (exact) mass is 247 g/mol. The van der Waals surface area contributed by atoms with Crippen LogP contribution in [0.4, 0.5) is 0 Å². The van der Waals surface area contributed by atoms with E-state index in [1.54, 1.807) is 0 Å². The van der Waals surface area contributed by atoms with Crippen molar-refractivity contribution in [3.05, 3.63) is 0 Å². The van der Waals surface area contributed by atoms with Gasteiger partial charge in [0.25, 0.3) is 0 Å². The van der Waals surface area contributed by atoms with Gasteiger partial charge in [-0.1, -0.05) is 26.7 Å². The molecule has 2 N–H and O–H groups in total. The molecule has 0 radical (unpaired) electrons. The number of rotatable bonds is 8. The first-order chi connectivity index (χ1) is 7.49. The van der Waals surface area contributed by atoms with Crippen molar-refractivity contribution >= 4 is 17.7 Å². The molecule has 1 unspecified atom stereocenters. The molecule has 16 heavy (non-hydrogen) atoms. The van der Waals surface area contributed by atoms with Gasteiger partial charge in [0.1, 0.15) is 0 Å². The van der Waals surface area contributed by atoms with Gasteiger partial charge < -0.3 is 10.4 Å². The number of aliphatic hydroxyl groups is 1. The Morgan fingerprint density at radius 1 is 1.38 bits per heavy atom. The fourth-order valence-corrected chi connectivity index (χ4v) is 2.03. The molecule has 96 valence electrons. The van der Waals surface area contributed by atoms with Gasteiger partial charge in [-0.15, -0.1) is 0 Å².